The lowest BCUT2D eigenvalue weighted by Gasteiger charge is -2.36. The second-order valence-corrected chi connectivity index (χ2v) is 9.93. The highest BCUT2D eigenvalue weighted by Crippen LogP contribution is 2.54. The Hall–Kier alpha value is -3.35. The standard InChI is InChI=1S/C28H32N2O5/c1-2-3-14-24(25(31)30-15-8-9-18-16-28(18,30)26(32)33)29-27(34)35-17-23-21-12-6-4-10-19(21)20-11-5-7-13-22(20)23/h4-7,10-13,18,23-24H,2-3,8-9,14-17H2,1H3,(H,29,34)(H,32,33). The average molecular weight is 477 g/mol. The van der Waals surface area contributed by atoms with Gasteiger partial charge >= 0.3 is 12.1 Å². The van der Waals surface area contributed by atoms with Gasteiger partial charge in [0.2, 0.25) is 5.91 Å². The third-order valence-corrected chi connectivity index (χ3v) is 7.91. The van der Waals surface area contributed by atoms with Crippen LogP contribution in [0.15, 0.2) is 48.5 Å². The van der Waals surface area contributed by atoms with Crippen molar-refractivity contribution in [1.82, 2.24) is 10.2 Å². The van der Waals surface area contributed by atoms with Gasteiger partial charge < -0.3 is 20.1 Å². The largest absolute Gasteiger partial charge is 0.479 e. The van der Waals surface area contributed by atoms with E-state index in [2.05, 4.69) is 29.6 Å². The Morgan fingerprint density at radius 2 is 1.77 bits per heavy atom. The van der Waals surface area contributed by atoms with E-state index in [1.165, 1.54) is 4.90 Å². The molecule has 1 heterocycles. The smallest absolute Gasteiger partial charge is 0.407 e. The third kappa shape index (κ3) is 4.07. The Morgan fingerprint density at radius 1 is 1.11 bits per heavy atom. The molecule has 3 aliphatic rings. The Kier molecular flexibility index (Phi) is 6.26. The molecule has 1 saturated heterocycles. The van der Waals surface area contributed by atoms with Crippen molar-refractivity contribution in [2.45, 2.75) is 62.9 Å². The van der Waals surface area contributed by atoms with Crippen molar-refractivity contribution in [3.8, 4) is 11.1 Å². The fraction of sp³-hybridized carbons (Fsp3) is 0.464. The molecule has 3 atom stereocenters. The molecule has 2 N–H and O–H groups in total. The van der Waals surface area contributed by atoms with Crippen LogP contribution in [-0.2, 0) is 14.3 Å². The molecule has 1 aliphatic heterocycles. The SMILES string of the molecule is CCCCC(NC(=O)OCC1c2ccccc2-c2ccccc21)C(=O)N1CCCC2CC21C(=O)O. The average Bonchev–Trinajstić information content (AvgIpc) is 3.56. The predicted molar refractivity (Wildman–Crippen MR) is 131 cm³/mol. The van der Waals surface area contributed by atoms with Gasteiger partial charge in [0.25, 0.3) is 0 Å². The Labute approximate surface area is 205 Å². The van der Waals surface area contributed by atoms with Crippen molar-refractivity contribution in [1.29, 1.82) is 0 Å². The second kappa shape index (κ2) is 9.36. The van der Waals surface area contributed by atoms with Gasteiger partial charge in [0.1, 0.15) is 18.2 Å². The molecular formula is C28H32N2O5. The molecule has 5 rings (SSSR count). The van der Waals surface area contributed by atoms with Gasteiger partial charge in [-0.1, -0.05) is 68.3 Å². The number of fused-ring (bicyclic) bond motifs is 4. The lowest BCUT2D eigenvalue weighted by atomic mass is 9.98. The molecule has 7 nitrogen and oxygen atoms in total. The zero-order valence-corrected chi connectivity index (χ0v) is 20.0. The summed E-state index contributed by atoms with van der Waals surface area (Å²) in [7, 11) is 0. The summed E-state index contributed by atoms with van der Waals surface area (Å²) in [4.78, 5) is 39.9. The summed E-state index contributed by atoms with van der Waals surface area (Å²) in [5.74, 6) is -1.30. The van der Waals surface area contributed by atoms with E-state index < -0.39 is 23.6 Å². The quantitative estimate of drug-likeness (QED) is 0.583. The number of amides is 2. The number of piperidine rings is 1. The summed E-state index contributed by atoms with van der Waals surface area (Å²) in [6.45, 7) is 2.60. The van der Waals surface area contributed by atoms with Crippen molar-refractivity contribution in [2.24, 2.45) is 5.92 Å². The number of unbranched alkanes of at least 4 members (excludes halogenated alkanes) is 1. The van der Waals surface area contributed by atoms with E-state index in [9.17, 15) is 19.5 Å². The van der Waals surface area contributed by atoms with Gasteiger partial charge in [-0.15, -0.1) is 0 Å². The highest BCUT2D eigenvalue weighted by molar-refractivity contribution is 5.94. The number of carboxylic acid groups (broad SMARTS) is 1. The van der Waals surface area contributed by atoms with Crippen molar-refractivity contribution in [3.63, 3.8) is 0 Å². The molecular weight excluding hydrogens is 444 g/mol. The first-order chi connectivity index (χ1) is 17.0. The fourth-order valence-electron chi connectivity index (χ4n) is 6.00. The monoisotopic (exact) mass is 476 g/mol. The molecule has 2 fully saturated rings. The topological polar surface area (TPSA) is 95.9 Å². The Balaban J connectivity index is 1.28. The van der Waals surface area contributed by atoms with Crippen LogP contribution in [0.1, 0.15) is 62.5 Å². The van der Waals surface area contributed by atoms with Crippen LogP contribution in [-0.4, -0.2) is 52.7 Å². The van der Waals surface area contributed by atoms with Crippen LogP contribution < -0.4 is 5.32 Å². The number of ether oxygens (including phenoxy) is 1. The first-order valence-electron chi connectivity index (χ1n) is 12.6. The van der Waals surface area contributed by atoms with Crippen LogP contribution in [0.4, 0.5) is 4.79 Å². The van der Waals surface area contributed by atoms with Crippen LogP contribution in [0.3, 0.4) is 0 Å². The van der Waals surface area contributed by atoms with Gasteiger partial charge in [-0.2, -0.15) is 0 Å². The number of carbonyl (C=O) groups is 3. The van der Waals surface area contributed by atoms with Gasteiger partial charge in [0.15, 0.2) is 0 Å². The number of carboxylic acids is 1. The molecule has 7 heteroatoms. The minimum absolute atomic E-state index is 0.0129. The number of hydrogen-bond acceptors (Lipinski definition) is 4. The number of benzene rings is 2. The summed E-state index contributed by atoms with van der Waals surface area (Å²) in [5, 5.41) is 12.6. The molecule has 0 aromatic heterocycles. The van der Waals surface area contributed by atoms with E-state index in [-0.39, 0.29) is 24.3 Å². The number of nitrogens with zero attached hydrogens (tertiary/aromatic N) is 1. The van der Waals surface area contributed by atoms with E-state index in [4.69, 9.17) is 4.74 Å². The Bertz CT molecular complexity index is 1100. The summed E-state index contributed by atoms with van der Waals surface area (Å²) in [6.07, 6.45) is 3.54. The minimum atomic E-state index is -1.09. The molecule has 0 radical (unpaired) electrons. The van der Waals surface area contributed by atoms with Crippen LogP contribution in [0, 0.1) is 5.92 Å². The third-order valence-electron chi connectivity index (χ3n) is 7.91. The number of aliphatic carboxylic acids is 1. The van der Waals surface area contributed by atoms with E-state index >= 15 is 0 Å². The fourth-order valence-corrected chi connectivity index (χ4v) is 6.00. The minimum Gasteiger partial charge on any atom is -0.479 e. The molecule has 1 saturated carbocycles. The zero-order chi connectivity index (χ0) is 24.6. The van der Waals surface area contributed by atoms with Crippen molar-refractivity contribution in [3.05, 3.63) is 59.7 Å². The molecule has 35 heavy (non-hydrogen) atoms. The van der Waals surface area contributed by atoms with Crippen LogP contribution in [0.5, 0.6) is 0 Å². The summed E-state index contributed by atoms with van der Waals surface area (Å²) in [5.41, 5.74) is 3.45. The number of hydrogen-bond donors (Lipinski definition) is 2. The number of carbonyl (C=O) groups excluding carboxylic acids is 2. The molecule has 3 unspecified atom stereocenters. The number of likely N-dealkylation sites (tertiary alicyclic amines) is 1. The van der Waals surface area contributed by atoms with Gasteiger partial charge in [-0.05, 0) is 53.9 Å². The molecule has 2 aliphatic carbocycles. The molecule has 2 aromatic rings. The predicted octanol–water partition coefficient (Wildman–Crippen LogP) is 4.55. The van der Waals surface area contributed by atoms with Gasteiger partial charge in [-0.25, -0.2) is 9.59 Å². The van der Waals surface area contributed by atoms with E-state index in [1.54, 1.807) is 0 Å². The second-order valence-electron chi connectivity index (χ2n) is 9.93. The van der Waals surface area contributed by atoms with Crippen LogP contribution in [0.25, 0.3) is 11.1 Å². The number of rotatable bonds is 8. The van der Waals surface area contributed by atoms with Gasteiger partial charge in [0.05, 0.1) is 0 Å². The molecule has 0 spiro atoms. The number of alkyl carbamates (subject to hydrolysis) is 1. The molecule has 2 aromatic carbocycles. The summed E-state index contributed by atoms with van der Waals surface area (Å²) in [6, 6.07) is 15.5. The lowest BCUT2D eigenvalue weighted by molar-refractivity contribution is -0.155. The lowest BCUT2D eigenvalue weighted by Crippen LogP contribution is -2.57. The summed E-state index contributed by atoms with van der Waals surface area (Å²) >= 11 is 0. The van der Waals surface area contributed by atoms with Crippen molar-refractivity contribution in [2.75, 3.05) is 13.2 Å². The van der Waals surface area contributed by atoms with E-state index in [0.29, 0.717) is 19.4 Å². The summed E-state index contributed by atoms with van der Waals surface area (Å²) < 4.78 is 5.66. The highest BCUT2D eigenvalue weighted by atomic mass is 16.5. The Morgan fingerprint density at radius 3 is 2.40 bits per heavy atom. The maximum Gasteiger partial charge on any atom is 0.407 e. The van der Waals surface area contributed by atoms with Gasteiger partial charge in [0, 0.05) is 12.5 Å². The maximum atomic E-state index is 13.5. The van der Waals surface area contributed by atoms with Gasteiger partial charge in [-0.3, -0.25) is 4.79 Å². The first kappa shape index (κ1) is 23.4. The van der Waals surface area contributed by atoms with Crippen molar-refractivity contribution < 1.29 is 24.2 Å². The van der Waals surface area contributed by atoms with Crippen LogP contribution in [0.2, 0.25) is 0 Å². The highest BCUT2D eigenvalue weighted by Gasteiger charge is 2.67. The molecule has 2 amide bonds. The number of nitrogens with one attached hydrogen (secondary N) is 1. The van der Waals surface area contributed by atoms with Crippen molar-refractivity contribution >= 4 is 18.0 Å². The normalized spacial score (nSPS) is 23.0. The van der Waals surface area contributed by atoms with E-state index in [0.717, 1.165) is 47.9 Å². The first-order valence-corrected chi connectivity index (χ1v) is 12.6. The molecule has 184 valence electrons. The van der Waals surface area contributed by atoms with Crippen LogP contribution >= 0.6 is 0 Å². The molecule has 0 bridgehead atoms. The zero-order valence-electron chi connectivity index (χ0n) is 20.0. The van der Waals surface area contributed by atoms with E-state index in [1.807, 2.05) is 31.2 Å². The maximum absolute atomic E-state index is 13.5.